The number of aliphatic hydroxyl groups is 2. The van der Waals surface area contributed by atoms with Gasteiger partial charge in [-0.25, -0.2) is 4.79 Å². The van der Waals surface area contributed by atoms with Crippen molar-refractivity contribution in [3.8, 4) is 0 Å². The normalized spacial score (nSPS) is 16.2. The molecule has 0 radical (unpaired) electrons. The third-order valence-electron chi connectivity index (χ3n) is 5.14. The van der Waals surface area contributed by atoms with Crippen LogP contribution in [0.15, 0.2) is 48.5 Å². The van der Waals surface area contributed by atoms with E-state index in [-0.39, 0.29) is 24.5 Å². The van der Waals surface area contributed by atoms with Crippen LogP contribution in [-0.2, 0) is 6.54 Å². The van der Waals surface area contributed by atoms with Gasteiger partial charge in [0.05, 0.1) is 19.2 Å². The number of aliphatic hydroxyl groups excluding tert-OH is 2. The first kappa shape index (κ1) is 20.0. The Balaban J connectivity index is 1.88. The maximum atomic E-state index is 13.3. The predicted octanol–water partition coefficient (Wildman–Crippen LogP) is 2.75. The molecule has 0 aromatic heterocycles. The van der Waals surface area contributed by atoms with Crippen molar-refractivity contribution in [1.82, 2.24) is 4.90 Å². The lowest BCUT2D eigenvalue weighted by Gasteiger charge is -2.31. The molecule has 1 fully saturated rings. The first-order valence-electron chi connectivity index (χ1n) is 9.52. The summed E-state index contributed by atoms with van der Waals surface area (Å²) in [4.78, 5) is 28.4. The molecule has 1 heterocycles. The van der Waals surface area contributed by atoms with Crippen LogP contribution < -0.4 is 4.90 Å². The van der Waals surface area contributed by atoms with Gasteiger partial charge in [0.15, 0.2) is 5.78 Å². The van der Waals surface area contributed by atoms with Crippen molar-refractivity contribution >= 4 is 17.5 Å². The average molecular weight is 382 g/mol. The number of rotatable bonds is 6. The van der Waals surface area contributed by atoms with E-state index in [9.17, 15) is 14.7 Å². The fourth-order valence-corrected chi connectivity index (χ4v) is 3.57. The molecule has 3 rings (SSSR count). The van der Waals surface area contributed by atoms with Crippen molar-refractivity contribution in [2.24, 2.45) is 0 Å². The molecular weight excluding hydrogens is 356 g/mol. The Morgan fingerprint density at radius 1 is 1.14 bits per heavy atom. The van der Waals surface area contributed by atoms with E-state index < -0.39 is 6.61 Å². The number of likely N-dealkylation sites (tertiary alicyclic amines) is 1. The average Bonchev–Trinajstić information content (AvgIpc) is 3.20. The molecule has 2 amide bonds. The molecule has 1 saturated heterocycles. The Bertz CT molecular complexity index is 835. The smallest absolute Gasteiger partial charge is 0.325 e. The number of benzene rings is 2. The topological polar surface area (TPSA) is 81.1 Å². The minimum Gasteiger partial charge on any atom is -0.394 e. The van der Waals surface area contributed by atoms with Gasteiger partial charge in [-0.3, -0.25) is 9.69 Å². The summed E-state index contributed by atoms with van der Waals surface area (Å²) in [6, 6.07) is 14.4. The van der Waals surface area contributed by atoms with Gasteiger partial charge in [0.1, 0.15) is 6.61 Å². The van der Waals surface area contributed by atoms with Gasteiger partial charge in [-0.2, -0.15) is 0 Å². The van der Waals surface area contributed by atoms with E-state index in [4.69, 9.17) is 5.11 Å². The van der Waals surface area contributed by atoms with E-state index in [1.807, 2.05) is 31.2 Å². The number of carbonyl (C=O) groups is 2. The lowest BCUT2D eigenvalue weighted by atomic mass is 10.1. The number of Topliss-reactive ketones (excluding diaryl/α,β-unsaturated/α-hetero) is 1. The molecule has 28 heavy (non-hydrogen) atoms. The van der Waals surface area contributed by atoms with Gasteiger partial charge in [-0.05, 0) is 43.0 Å². The number of ketones is 1. The second kappa shape index (κ2) is 8.99. The number of urea groups is 1. The van der Waals surface area contributed by atoms with Crippen LogP contribution in [0.3, 0.4) is 0 Å². The number of anilines is 1. The molecule has 148 valence electrons. The van der Waals surface area contributed by atoms with Crippen molar-refractivity contribution in [1.29, 1.82) is 0 Å². The standard InChI is InChI=1S/C22H26N2O4/c1-16-4-2-5-19(12-16)24(22(28)23-11-3-6-20(23)14-25)13-17-7-9-18(10-8-17)21(27)15-26/h2,4-5,7-10,12,20,25-26H,3,6,11,13-15H2,1H3/t20-/m1/s1. The maximum Gasteiger partial charge on any atom is 0.325 e. The summed E-state index contributed by atoms with van der Waals surface area (Å²) in [7, 11) is 0. The van der Waals surface area contributed by atoms with Crippen molar-refractivity contribution in [3.05, 3.63) is 65.2 Å². The van der Waals surface area contributed by atoms with Crippen molar-refractivity contribution < 1.29 is 19.8 Å². The third-order valence-corrected chi connectivity index (χ3v) is 5.14. The summed E-state index contributed by atoms with van der Waals surface area (Å²) in [5, 5.41) is 18.6. The number of hydrogen-bond donors (Lipinski definition) is 2. The minimum absolute atomic E-state index is 0.0363. The van der Waals surface area contributed by atoms with E-state index in [1.165, 1.54) is 0 Å². The predicted molar refractivity (Wildman–Crippen MR) is 107 cm³/mol. The highest BCUT2D eigenvalue weighted by Gasteiger charge is 2.32. The molecule has 1 aliphatic heterocycles. The van der Waals surface area contributed by atoms with E-state index >= 15 is 0 Å². The summed E-state index contributed by atoms with van der Waals surface area (Å²) in [5.74, 6) is -0.332. The van der Waals surface area contributed by atoms with Gasteiger partial charge in [0.25, 0.3) is 0 Å². The number of carbonyl (C=O) groups excluding carboxylic acids is 2. The summed E-state index contributed by atoms with van der Waals surface area (Å²) in [6.07, 6.45) is 1.69. The molecule has 6 heteroatoms. The van der Waals surface area contributed by atoms with E-state index in [0.29, 0.717) is 18.7 Å². The molecule has 1 aliphatic rings. The Kier molecular flexibility index (Phi) is 6.44. The number of aryl methyl sites for hydroxylation is 1. The van der Waals surface area contributed by atoms with Crippen molar-refractivity contribution in [2.45, 2.75) is 32.4 Å². The van der Waals surface area contributed by atoms with Crippen LogP contribution in [0.1, 0.15) is 34.3 Å². The van der Waals surface area contributed by atoms with E-state index in [2.05, 4.69) is 0 Å². The quantitative estimate of drug-likeness (QED) is 0.753. The zero-order valence-electron chi connectivity index (χ0n) is 16.0. The summed E-state index contributed by atoms with van der Waals surface area (Å²) >= 11 is 0. The van der Waals surface area contributed by atoms with Crippen molar-refractivity contribution in [2.75, 3.05) is 24.7 Å². The van der Waals surface area contributed by atoms with Gasteiger partial charge in [0.2, 0.25) is 0 Å². The number of nitrogens with zero attached hydrogens (tertiary/aromatic N) is 2. The van der Waals surface area contributed by atoms with Gasteiger partial charge < -0.3 is 15.1 Å². The van der Waals surface area contributed by atoms with Gasteiger partial charge in [0, 0.05) is 17.8 Å². The number of amides is 2. The molecule has 2 aromatic rings. The highest BCUT2D eigenvalue weighted by molar-refractivity contribution is 5.97. The molecule has 0 bridgehead atoms. The second-order valence-electron chi connectivity index (χ2n) is 7.16. The van der Waals surface area contributed by atoms with Gasteiger partial charge in [-0.1, -0.05) is 36.4 Å². The Morgan fingerprint density at radius 2 is 1.89 bits per heavy atom. The van der Waals surface area contributed by atoms with Crippen LogP contribution in [0, 0.1) is 6.92 Å². The lowest BCUT2D eigenvalue weighted by molar-refractivity contribution is 0.0903. The molecule has 0 aliphatic carbocycles. The van der Waals surface area contributed by atoms with Crippen LogP contribution in [0.5, 0.6) is 0 Å². The minimum atomic E-state index is -0.523. The third kappa shape index (κ3) is 4.40. The summed E-state index contributed by atoms with van der Waals surface area (Å²) < 4.78 is 0. The summed E-state index contributed by atoms with van der Waals surface area (Å²) in [6.45, 7) is 2.41. The molecular formula is C22H26N2O4. The van der Waals surface area contributed by atoms with Crippen molar-refractivity contribution in [3.63, 3.8) is 0 Å². The zero-order valence-corrected chi connectivity index (χ0v) is 16.0. The van der Waals surface area contributed by atoms with Crippen LogP contribution in [0.25, 0.3) is 0 Å². The SMILES string of the molecule is Cc1cccc(N(Cc2ccc(C(=O)CO)cc2)C(=O)N2CCC[C@@H]2CO)c1. The molecule has 0 spiro atoms. The van der Waals surface area contributed by atoms with Crippen LogP contribution in [0.4, 0.5) is 10.5 Å². The highest BCUT2D eigenvalue weighted by atomic mass is 16.3. The lowest BCUT2D eigenvalue weighted by Crippen LogP contribution is -2.46. The molecule has 6 nitrogen and oxygen atoms in total. The van der Waals surface area contributed by atoms with Crippen LogP contribution in [-0.4, -0.2) is 52.7 Å². The first-order valence-corrected chi connectivity index (χ1v) is 9.52. The molecule has 2 N–H and O–H groups in total. The number of hydrogen-bond acceptors (Lipinski definition) is 4. The van der Waals surface area contributed by atoms with E-state index in [1.54, 1.807) is 34.1 Å². The first-order chi connectivity index (χ1) is 13.5. The molecule has 0 unspecified atom stereocenters. The van der Waals surface area contributed by atoms with Gasteiger partial charge in [-0.15, -0.1) is 0 Å². The zero-order chi connectivity index (χ0) is 20.1. The fraction of sp³-hybridized carbons (Fsp3) is 0.364. The molecule has 0 saturated carbocycles. The molecule has 2 aromatic carbocycles. The fourth-order valence-electron chi connectivity index (χ4n) is 3.57. The largest absolute Gasteiger partial charge is 0.394 e. The monoisotopic (exact) mass is 382 g/mol. The summed E-state index contributed by atoms with van der Waals surface area (Å²) in [5.41, 5.74) is 3.17. The Morgan fingerprint density at radius 3 is 2.54 bits per heavy atom. The van der Waals surface area contributed by atoms with Crippen LogP contribution >= 0.6 is 0 Å². The van der Waals surface area contributed by atoms with Crippen LogP contribution in [0.2, 0.25) is 0 Å². The highest BCUT2D eigenvalue weighted by Crippen LogP contribution is 2.25. The maximum absolute atomic E-state index is 13.3. The second-order valence-corrected chi connectivity index (χ2v) is 7.16. The Hall–Kier alpha value is -2.70. The van der Waals surface area contributed by atoms with E-state index in [0.717, 1.165) is 29.7 Å². The Labute approximate surface area is 165 Å². The van der Waals surface area contributed by atoms with Gasteiger partial charge >= 0.3 is 6.03 Å². The molecule has 1 atom stereocenters.